The van der Waals surface area contributed by atoms with Gasteiger partial charge >= 0.3 is 12.1 Å². The zero-order valence-electron chi connectivity index (χ0n) is 13.4. The second-order valence-electron chi connectivity index (χ2n) is 5.60. The molecule has 0 saturated heterocycles. The maximum atomic E-state index is 11.5. The smallest absolute Gasteiger partial charge is 0.407 e. The van der Waals surface area contributed by atoms with E-state index in [0.717, 1.165) is 0 Å². The molecule has 1 rings (SSSR count). The molecule has 0 saturated carbocycles. The first-order valence-electron chi connectivity index (χ1n) is 7.04. The Bertz CT molecular complexity index is 514. The molecule has 0 atom stereocenters. The molecule has 9 nitrogen and oxygen atoms in total. The molecule has 3 N–H and O–H groups in total. The Morgan fingerprint density at radius 1 is 1.17 bits per heavy atom. The zero-order valence-corrected chi connectivity index (χ0v) is 13.4. The maximum absolute atomic E-state index is 11.5. The lowest BCUT2D eigenvalue weighted by Gasteiger charge is -2.19. The fourth-order valence-electron chi connectivity index (χ4n) is 1.44. The van der Waals surface area contributed by atoms with Gasteiger partial charge in [0, 0.05) is 18.7 Å². The minimum absolute atomic E-state index is 0.0671. The molecule has 0 spiro atoms. The summed E-state index contributed by atoms with van der Waals surface area (Å²) in [6.07, 6.45) is -0.622. The van der Waals surface area contributed by atoms with Crippen molar-refractivity contribution in [2.75, 3.05) is 19.8 Å². The van der Waals surface area contributed by atoms with E-state index in [0.29, 0.717) is 4.73 Å². The molecule has 23 heavy (non-hydrogen) atoms. The van der Waals surface area contributed by atoms with Crippen LogP contribution in [-0.2, 0) is 14.3 Å². The Hall–Kier alpha value is -2.42. The summed E-state index contributed by atoms with van der Waals surface area (Å²) in [5, 5.41) is 21.1. The molecule has 0 aliphatic rings. The molecule has 0 aromatic carbocycles. The van der Waals surface area contributed by atoms with Crippen molar-refractivity contribution in [3.8, 4) is 11.8 Å². The lowest BCUT2D eigenvalue weighted by Crippen LogP contribution is -2.34. The summed E-state index contributed by atoms with van der Waals surface area (Å²) >= 11 is 0. The van der Waals surface area contributed by atoms with E-state index in [1.165, 1.54) is 12.1 Å². The van der Waals surface area contributed by atoms with Crippen LogP contribution in [0.1, 0.15) is 27.2 Å². The van der Waals surface area contributed by atoms with Crippen LogP contribution in [-0.4, -0.2) is 52.4 Å². The highest BCUT2D eigenvalue weighted by Gasteiger charge is 2.15. The average Bonchev–Trinajstić information content (AvgIpc) is 2.72. The molecule has 0 fully saturated rings. The lowest BCUT2D eigenvalue weighted by atomic mass is 10.2. The number of carbonyl (C=O) groups is 2. The van der Waals surface area contributed by atoms with E-state index in [1.54, 1.807) is 20.8 Å². The molecular formula is C14H22N2O7. The second kappa shape index (κ2) is 8.28. The van der Waals surface area contributed by atoms with E-state index in [4.69, 9.17) is 14.3 Å². The number of hydrogen-bond acceptors (Lipinski definition) is 7. The van der Waals surface area contributed by atoms with Crippen LogP contribution < -0.4 is 10.2 Å². The SMILES string of the molecule is CC(C)(C)OC(=O)NCCOCCC(=O)On1c(O)ccc1O. The van der Waals surface area contributed by atoms with Gasteiger partial charge in [0.05, 0.1) is 19.6 Å². The first kappa shape index (κ1) is 18.6. The molecule has 130 valence electrons. The van der Waals surface area contributed by atoms with E-state index < -0.39 is 29.4 Å². The van der Waals surface area contributed by atoms with Crippen LogP contribution in [0.3, 0.4) is 0 Å². The van der Waals surface area contributed by atoms with Crippen molar-refractivity contribution in [1.29, 1.82) is 0 Å². The Morgan fingerprint density at radius 3 is 2.35 bits per heavy atom. The number of carbonyl (C=O) groups excluding carboxylic acids is 2. The number of amides is 1. The van der Waals surface area contributed by atoms with Gasteiger partial charge in [0.25, 0.3) is 0 Å². The number of alkyl carbamates (subject to hydrolysis) is 1. The van der Waals surface area contributed by atoms with Gasteiger partial charge in [0.1, 0.15) is 5.60 Å². The lowest BCUT2D eigenvalue weighted by molar-refractivity contribution is -0.146. The highest BCUT2D eigenvalue weighted by atomic mass is 16.7. The van der Waals surface area contributed by atoms with Crippen LogP contribution in [0.25, 0.3) is 0 Å². The van der Waals surface area contributed by atoms with Gasteiger partial charge in [-0.2, -0.15) is 0 Å². The zero-order chi connectivity index (χ0) is 17.5. The van der Waals surface area contributed by atoms with Crippen LogP contribution in [0.4, 0.5) is 4.79 Å². The molecule has 9 heteroatoms. The van der Waals surface area contributed by atoms with E-state index >= 15 is 0 Å². The first-order chi connectivity index (χ1) is 10.7. The highest BCUT2D eigenvalue weighted by molar-refractivity contribution is 5.70. The Morgan fingerprint density at radius 2 is 1.78 bits per heavy atom. The number of nitrogens with zero attached hydrogens (tertiary/aromatic N) is 1. The largest absolute Gasteiger partial charge is 0.492 e. The summed E-state index contributed by atoms with van der Waals surface area (Å²) < 4.78 is 10.8. The topological polar surface area (TPSA) is 119 Å². The number of ether oxygens (including phenoxy) is 2. The van der Waals surface area contributed by atoms with Gasteiger partial charge in [-0.15, -0.1) is 4.73 Å². The van der Waals surface area contributed by atoms with Gasteiger partial charge in [-0.1, -0.05) is 0 Å². The molecule has 0 aliphatic heterocycles. The third-order valence-electron chi connectivity index (χ3n) is 2.36. The van der Waals surface area contributed by atoms with Gasteiger partial charge in [0.2, 0.25) is 11.8 Å². The average molecular weight is 330 g/mol. The Balaban J connectivity index is 2.11. The molecular weight excluding hydrogens is 308 g/mol. The molecule has 1 amide bonds. The molecule has 0 bridgehead atoms. The monoisotopic (exact) mass is 330 g/mol. The fourth-order valence-corrected chi connectivity index (χ4v) is 1.44. The van der Waals surface area contributed by atoms with Gasteiger partial charge in [-0.05, 0) is 20.8 Å². The number of hydrogen-bond donors (Lipinski definition) is 3. The normalized spacial score (nSPS) is 11.1. The van der Waals surface area contributed by atoms with Gasteiger partial charge in [-0.25, -0.2) is 9.59 Å². The molecule has 0 aliphatic carbocycles. The summed E-state index contributed by atoms with van der Waals surface area (Å²) in [7, 11) is 0. The standard InChI is InChI=1S/C14H22N2O7/c1-14(2,3)22-13(20)15-7-9-21-8-6-12(19)23-16-10(17)4-5-11(16)18/h4-5,17-18H,6-9H2,1-3H3,(H,15,20). The van der Waals surface area contributed by atoms with Crippen molar-refractivity contribution < 1.29 is 34.1 Å². The number of nitrogens with one attached hydrogen (secondary N) is 1. The van der Waals surface area contributed by atoms with Gasteiger partial charge in [0.15, 0.2) is 0 Å². The van der Waals surface area contributed by atoms with Crippen molar-refractivity contribution >= 4 is 12.1 Å². The molecule has 1 aromatic rings. The third-order valence-corrected chi connectivity index (χ3v) is 2.36. The predicted molar refractivity (Wildman–Crippen MR) is 79.0 cm³/mol. The quantitative estimate of drug-likeness (QED) is 0.632. The minimum Gasteiger partial charge on any atom is -0.492 e. The molecule has 1 aromatic heterocycles. The number of aromatic hydroxyl groups is 2. The molecule has 1 heterocycles. The van der Waals surface area contributed by atoms with Crippen molar-refractivity contribution in [2.24, 2.45) is 0 Å². The van der Waals surface area contributed by atoms with Crippen molar-refractivity contribution in [3.05, 3.63) is 12.1 Å². The fraction of sp³-hybridized carbons (Fsp3) is 0.571. The maximum Gasteiger partial charge on any atom is 0.407 e. The summed E-state index contributed by atoms with van der Waals surface area (Å²) in [5.74, 6) is -1.47. The van der Waals surface area contributed by atoms with Crippen molar-refractivity contribution in [2.45, 2.75) is 32.8 Å². The third kappa shape index (κ3) is 7.41. The molecule has 0 unspecified atom stereocenters. The number of rotatable bonds is 7. The summed E-state index contributed by atoms with van der Waals surface area (Å²) in [5.41, 5.74) is -0.565. The first-order valence-corrected chi connectivity index (χ1v) is 7.04. The van der Waals surface area contributed by atoms with E-state index in [9.17, 15) is 19.8 Å². The van der Waals surface area contributed by atoms with Crippen LogP contribution in [0.5, 0.6) is 11.8 Å². The minimum atomic E-state index is -0.688. The summed E-state index contributed by atoms with van der Waals surface area (Å²) in [6, 6.07) is 2.36. The van der Waals surface area contributed by atoms with Crippen LogP contribution in [0, 0.1) is 0 Å². The van der Waals surface area contributed by atoms with E-state index in [2.05, 4.69) is 5.32 Å². The van der Waals surface area contributed by atoms with E-state index in [-0.39, 0.29) is 26.2 Å². The second-order valence-corrected chi connectivity index (χ2v) is 5.60. The number of aromatic nitrogens is 1. The molecule has 0 radical (unpaired) electrons. The van der Waals surface area contributed by atoms with Crippen molar-refractivity contribution in [3.63, 3.8) is 0 Å². The van der Waals surface area contributed by atoms with Crippen LogP contribution in [0.2, 0.25) is 0 Å². The van der Waals surface area contributed by atoms with Gasteiger partial charge in [-0.3, -0.25) is 0 Å². The van der Waals surface area contributed by atoms with E-state index in [1.807, 2.05) is 0 Å². The van der Waals surface area contributed by atoms with Crippen molar-refractivity contribution in [1.82, 2.24) is 10.0 Å². The Labute approximate surface area is 133 Å². The van der Waals surface area contributed by atoms with Crippen LogP contribution in [0.15, 0.2) is 12.1 Å². The summed E-state index contributed by atoms with van der Waals surface area (Å²) in [4.78, 5) is 27.5. The van der Waals surface area contributed by atoms with Crippen LogP contribution >= 0.6 is 0 Å². The summed E-state index contributed by atoms with van der Waals surface area (Å²) in [6.45, 7) is 5.78. The van der Waals surface area contributed by atoms with Gasteiger partial charge < -0.3 is 29.8 Å². The predicted octanol–water partition coefficient (Wildman–Crippen LogP) is 0.786. The Kier molecular flexibility index (Phi) is 6.70. The highest BCUT2D eigenvalue weighted by Crippen LogP contribution is 2.18.